The molecule has 1 unspecified atom stereocenters. The van der Waals surface area contributed by atoms with Gasteiger partial charge in [-0.15, -0.1) is 0 Å². The number of hydrogen-bond acceptors (Lipinski definition) is 5. The highest BCUT2D eigenvalue weighted by Gasteiger charge is 2.19. The van der Waals surface area contributed by atoms with Crippen LogP contribution in [0.5, 0.6) is 0 Å². The molecule has 0 saturated carbocycles. The molecule has 1 heterocycles. The molecule has 20 heavy (non-hydrogen) atoms. The molecular formula is C14H16N4O2. The molecule has 104 valence electrons. The number of pyridine rings is 1. The lowest BCUT2D eigenvalue weighted by Crippen LogP contribution is -2.12. The molecule has 6 heteroatoms. The van der Waals surface area contributed by atoms with Gasteiger partial charge in [0.05, 0.1) is 11.0 Å². The topological polar surface area (TPSA) is 94.1 Å². The highest BCUT2D eigenvalue weighted by molar-refractivity contribution is 5.60. The minimum absolute atomic E-state index is 0.0517. The van der Waals surface area contributed by atoms with Gasteiger partial charge in [0.15, 0.2) is 0 Å². The fourth-order valence-corrected chi connectivity index (χ4v) is 1.99. The number of nitro groups is 1. The molecule has 1 atom stereocenters. The van der Waals surface area contributed by atoms with Crippen LogP contribution in [0.1, 0.15) is 24.9 Å². The molecule has 0 aliphatic heterocycles. The van der Waals surface area contributed by atoms with Crippen molar-refractivity contribution >= 4 is 17.3 Å². The molecule has 6 nitrogen and oxygen atoms in total. The summed E-state index contributed by atoms with van der Waals surface area (Å²) in [5.74, 6) is 0.451. The fraction of sp³-hybridized carbons (Fsp3) is 0.214. The van der Waals surface area contributed by atoms with E-state index in [1.165, 1.54) is 12.1 Å². The van der Waals surface area contributed by atoms with Crippen LogP contribution in [-0.2, 0) is 0 Å². The zero-order valence-electron chi connectivity index (χ0n) is 11.1. The Morgan fingerprint density at radius 2 is 2.00 bits per heavy atom. The van der Waals surface area contributed by atoms with E-state index in [4.69, 9.17) is 5.73 Å². The average molecular weight is 272 g/mol. The van der Waals surface area contributed by atoms with E-state index < -0.39 is 4.92 Å². The van der Waals surface area contributed by atoms with Gasteiger partial charge in [-0.2, -0.15) is 0 Å². The van der Waals surface area contributed by atoms with Crippen LogP contribution in [0, 0.1) is 10.1 Å². The van der Waals surface area contributed by atoms with E-state index >= 15 is 0 Å². The van der Waals surface area contributed by atoms with Crippen LogP contribution < -0.4 is 11.1 Å². The predicted molar refractivity (Wildman–Crippen MR) is 78.4 cm³/mol. The second-order valence-electron chi connectivity index (χ2n) is 4.38. The summed E-state index contributed by atoms with van der Waals surface area (Å²) in [5, 5.41) is 14.1. The summed E-state index contributed by atoms with van der Waals surface area (Å²) in [6, 6.07) is 12.5. The summed E-state index contributed by atoms with van der Waals surface area (Å²) in [5.41, 5.74) is 6.58. The van der Waals surface area contributed by atoms with Crippen LogP contribution in [0.25, 0.3) is 0 Å². The van der Waals surface area contributed by atoms with Crippen LogP contribution in [-0.4, -0.2) is 9.91 Å². The van der Waals surface area contributed by atoms with Crippen LogP contribution in [0.3, 0.4) is 0 Å². The van der Waals surface area contributed by atoms with Gasteiger partial charge < -0.3 is 11.1 Å². The van der Waals surface area contributed by atoms with Crippen LogP contribution in [0.4, 0.5) is 17.3 Å². The van der Waals surface area contributed by atoms with Crippen molar-refractivity contribution in [3.05, 3.63) is 58.1 Å². The SMILES string of the molecule is CCC(Nc1nc(N)ccc1[N+](=O)[O-])c1ccccc1. The van der Waals surface area contributed by atoms with E-state index in [-0.39, 0.29) is 23.4 Å². The number of nitrogens with zero attached hydrogens (tertiary/aromatic N) is 2. The second-order valence-corrected chi connectivity index (χ2v) is 4.38. The normalized spacial score (nSPS) is 11.8. The predicted octanol–water partition coefficient (Wildman–Crippen LogP) is 3.14. The van der Waals surface area contributed by atoms with Crippen molar-refractivity contribution in [2.75, 3.05) is 11.1 Å². The first-order chi connectivity index (χ1) is 9.61. The van der Waals surface area contributed by atoms with Crippen molar-refractivity contribution in [2.24, 2.45) is 0 Å². The quantitative estimate of drug-likeness (QED) is 0.644. The van der Waals surface area contributed by atoms with Gasteiger partial charge in [-0.05, 0) is 18.1 Å². The number of aromatic nitrogens is 1. The molecule has 0 amide bonds. The second kappa shape index (κ2) is 6.01. The van der Waals surface area contributed by atoms with E-state index in [0.29, 0.717) is 0 Å². The Kier molecular flexibility index (Phi) is 4.14. The molecule has 0 fully saturated rings. The summed E-state index contributed by atoms with van der Waals surface area (Å²) in [6.07, 6.45) is 0.775. The van der Waals surface area contributed by atoms with E-state index in [9.17, 15) is 10.1 Å². The Balaban J connectivity index is 2.32. The number of hydrogen-bond donors (Lipinski definition) is 2. The Morgan fingerprint density at radius 3 is 2.60 bits per heavy atom. The van der Waals surface area contributed by atoms with Gasteiger partial charge in [0.2, 0.25) is 5.82 Å². The Morgan fingerprint density at radius 1 is 1.30 bits per heavy atom. The highest BCUT2D eigenvalue weighted by Crippen LogP contribution is 2.28. The van der Waals surface area contributed by atoms with Crippen molar-refractivity contribution in [2.45, 2.75) is 19.4 Å². The van der Waals surface area contributed by atoms with E-state index in [1.54, 1.807) is 0 Å². The number of anilines is 2. The summed E-state index contributed by atoms with van der Waals surface area (Å²) >= 11 is 0. The van der Waals surface area contributed by atoms with Crippen molar-refractivity contribution in [3.8, 4) is 0 Å². The minimum Gasteiger partial charge on any atom is -0.384 e. The molecular weight excluding hydrogens is 256 g/mol. The van der Waals surface area contributed by atoms with Crippen molar-refractivity contribution in [1.82, 2.24) is 4.98 Å². The largest absolute Gasteiger partial charge is 0.384 e. The van der Waals surface area contributed by atoms with Crippen LogP contribution in [0.2, 0.25) is 0 Å². The third-order valence-electron chi connectivity index (χ3n) is 3.01. The molecule has 0 aliphatic carbocycles. The maximum absolute atomic E-state index is 11.0. The molecule has 2 rings (SSSR count). The zero-order valence-corrected chi connectivity index (χ0v) is 11.1. The van der Waals surface area contributed by atoms with E-state index in [1.807, 2.05) is 37.3 Å². The molecule has 1 aromatic heterocycles. The van der Waals surface area contributed by atoms with E-state index in [0.717, 1.165) is 12.0 Å². The lowest BCUT2D eigenvalue weighted by Gasteiger charge is -2.18. The fourth-order valence-electron chi connectivity index (χ4n) is 1.99. The summed E-state index contributed by atoms with van der Waals surface area (Å²) < 4.78 is 0. The lowest BCUT2D eigenvalue weighted by atomic mass is 10.0. The molecule has 0 radical (unpaired) electrons. The first kappa shape index (κ1) is 13.8. The molecule has 3 N–H and O–H groups in total. The first-order valence-corrected chi connectivity index (χ1v) is 6.34. The first-order valence-electron chi connectivity index (χ1n) is 6.34. The number of benzene rings is 1. The van der Waals surface area contributed by atoms with E-state index in [2.05, 4.69) is 10.3 Å². The van der Waals surface area contributed by atoms with Crippen molar-refractivity contribution < 1.29 is 4.92 Å². The molecule has 2 aromatic rings. The van der Waals surface area contributed by atoms with Crippen LogP contribution >= 0.6 is 0 Å². The van der Waals surface area contributed by atoms with Crippen LogP contribution in [0.15, 0.2) is 42.5 Å². The molecule has 0 spiro atoms. The minimum atomic E-state index is -0.466. The van der Waals surface area contributed by atoms with Gasteiger partial charge in [-0.3, -0.25) is 10.1 Å². The maximum Gasteiger partial charge on any atom is 0.311 e. The zero-order chi connectivity index (χ0) is 14.5. The maximum atomic E-state index is 11.0. The van der Waals surface area contributed by atoms with Gasteiger partial charge in [0, 0.05) is 6.07 Å². The van der Waals surface area contributed by atoms with Gasteiger partial charge in [-0.1, -0.05) is 37.3 Å². The smallest absolute Gasteiger partial charge is 0.311 e. The molecule has 0 aliphatic rings. The third kappa shape index (κ3) is 3.03. The number of nitrogens with two attached hydrogens (primary N) is 1. The number of nitrogen functional groups attached to an aromatic ring is 1. The third-order valence-corrected chi connectivity index (χ3v) is 3.01. The molecule has 1 aromatic carbocycles. The standard InChI is InChI=1S/C14H16N4O2/c1-2-11(10-6-4-3-5-7-10)16-14-12(18(19)20)8-9-13(15)17-14/h3-9,11H,2H2,1H3,(H3,15,16,17). The van der Waals surface area contributed by atoms with Crippen molar-refractivity contribution in [3.63, 3.8) is 0 Å². The molecule has 0 saturated heterocycles. The summed E-state index contributed by atoms with van der Waals surface area (Å²) in [7, 11) is 0. The Bertz CT molecular complexity index is 601. The van der Waals surface area contributed by atoms with Crippen molar-refractivity contribution in [1.29, 1.82) is 0 Å². The molecule has 0 bridgehead atoms. The average Bonchev–Trinajstić information content (AvgIpc) is 2.45. The number of nitrogens with one attached hydrogen (secondary N) is 1. The Labute approximate surface area is 116 Å². The summed E-state index contributed by atoms with van der Waals surface area (Å²) in [4.78, 5) is 14.6. The monoisotopic (exact) mass is 272 g/mol. The number of rotatable bonds is 5. The summed E-state index contributed by atoms with van der Waals surface area (Å²) in [6.45, 7) is 2.00. The van der Waals surface area contributed by atoms with Gasteiger partial charge in [-0.25, -0.2) is 4.98 Å². The van der Waals surface area contributed by atoms with Gasteiger partial charge in [0.25, 0.3) is 0 Å². The lowest BCUT2D eigenvalue weighted by molar-refractivity contribution is -0.384. The highest BCUT2D eigenvalue weighted by atomic mass is 16.6. The van der Waals surface area contributed by atoms with Gasteiger partial charge in [0.1, 0.15) is 5.82 Å². The van der Waals surface area contributed by atoms with Gasteiger partial charge >= 0.3 is 5.69 Å². The Hall–Kier alpha value is -2.63.